The van der Waals surface area contributed by atoms with E-state index in [1.807, 2.05) is 23.1 Å². The Morgan fingerprint density at radius 3 is 2.78 bits per heavy atom. The zero-order valence-corrected chi connectivity index (χ0v) is 12.2. The van der Waals surface area contributed by atoms with Crippen molar-refractivity contribution < 1.29 is 4.74 Å². The molecule has 18 heavy (non-hydrogen) atoms. The van der Waals surface area contributed by atoms with Crippen molar-refractivity contribution in [2.45, 2.75) is 6.54 Å². The topological polar surface area (TPSA) is 50.8 Å². The Kier molecular flexibility index (Phi) is 4.86. The summed E-state index contributed by atoms with van der Waals surface area (Å²) in [5.41, 5.74) is 6.98. The van der Waals surface area contributed by atoms with Gasteiger partial charge in [0.2, 0.25) is 0 Å². The van der Waals surface area contributed by atoms with Crippen LogP contribution >= 0.6 is 27.5 Å². The number of hydrogen-bond donors (Lipinski definition) is 1. The first-order chi connectivity index (χ1) is 8.65. The van der Waals surface area contributed by atoms with E-state index in [1.54, 1.807) is 0 Å². The van der Waals surface area contributed by atoms with Gasteiger partial charge in [-0.05, 0) is 23.8 Å². The Bertz CT molecular complexity index is 427. The lowest BCUT2D eigenvalue weighted by Gasteiger charge is -2.27. The summed E-state index contributed by atoms with van der Waals surface area (Å²) in [5.74, 6) is 0.564. The molecule has 98 valence electrons. The van der Waals surface area contributed by atoms with Crippen molar-refractivity contribution in [2.24, 2.45) is 10.7 Å². The number of rotatable bonds is 2. The van der Waals surface area contributed by atoms with Gasteiger partial charge in [0.05, 0.1) is 19.8 Å². The normalized spacial score (nSPS) is 17.0. The molecule has 0 atom stereocenters. The van der Waals surface area contributed by atoms with Crippen molar-refractivity contribution in [2.75, 3.05) is 26.3 Å². The smallest absolute Gasteiger partial charge is 0.191 e. The molecule has 1 aromatic rings. The lowest BCUT2D eigenvalue weighted by atomic mass is 10.2. The predicted molar refractivity (Wildman–Crippen MR) is 76.9 cm³/mol. The first kappa shape index (κ1) is 13.6. The van der Waals surface area contributed by atoms with Crippen LogP contribution in [-0.2, 0) is 11.3 Å². The summed E-state index contributed by atoms with van der Waals surface area (Å²) in [4.78, 5) is 6.42. The lowest BCUT2D eigenvalue weighted by Crippen LogP contribution is -2.44. The third kappa shape index (κ3) is 3.86. The average Bonchev–Trinajstić information content (AvgIpc) is 2.36. The first-order valence-corrected chi connectivity index (χ1v) is 6.90. The molecule has 1 aliphatic rings. The standard InChI is InChI=1S/C12H15BrClN3O/c13-10-5-9(6-11(14)7-10)8-16-12(15)17-1-3-18-4-2-17/h5-7H,1-4,8H2,(H2,15,16). The van der Waals surface area contributed by atoms with Crippen molar-refractivity contribution in [3.05, 3.63) is 33.3 Å². The number of hydrogen-bond acceptors (Lipinski definition) is 2. The van der Waals surface area contributed by atoms with Crippen molar-refractivity contribution >= 4 is 33.5 Å². The molecule has 0 radical (unpaired) electrons. The molecule has 1 fully saturated rings. The van der Waals surface area contributed by atoms with Crippen LogP contribution in [0, 0.1) is 0 Å². The second-order valence-electron chi connectivity index (χ2n) is 4.05. The molecule has 0 amide bonds. The van der Waals surface area contributed by atoms with Gasteiger partial charge in [0.1, 0.15) is 0 Å². The predicted octanol–water partition coefficient (Wildman–Crippen LogP) is 2.25. The van der Waals surface area contributed by atoms with Crippen molar-refractivity contribution in [1.82, 2.24) is 4.90 Å². The van der Waals surface area contributed by atoms with Gasteiger partial charge in [-0.2, -0.15) is 0 Å². The maximum absolute atomic E-state index is 5.98. The highest BCUT2D eigenvalue weighted by Crippen LogP contribution is 2.20. The lowest BCUT2D eigenvalue weighted by molar-refractivity contribution is 0.0674. The van der Waals surface area contributed by atoms with E-state index < -0.39 is 0 Å². The van der Waals surface area contributed by atoms with Gasteiger partial charge < -0.3 is 15.4 Å². The number of ether oxygens (including phenoxy) is 1. The number of benzene rings is 1. The SMILES string of the molecule is NC(=NCc1cc(Cl)cc(Br)c1)N1CCOCC1. The molecule has 0 aliphatic carbocycles. The Labute approximate surface area is 120 Å². The molecule has 2 N–H and O–H groups in total. The van der Waals surface area contributed by atoms with E-state index in [-0.39, 0.29) is 0 Å². The zero-order valence-electron chi connectivity index (χ0n) is 9.90. The summed E-state index contributed by atoms with van der Waals surface area (Å²) in [6.45, 7) is 3.55. The molecule has 0 aromatic heterocycles. The van der Waals surface area contributed by atoms with Crippen molar-refractivity contribution in [3.8, 4) is 0 Å². The van der Waals surface area contributed by atoms with E-state index in [0.717, 1.165) is 23.1 Å². The van der Waals surface area contributed by atoms with E-state index in [2.05, 4.69) is 20.9 Å². The molecule has 1 aliphatic heterocycles. The third-order valence-electron chi connectivity index (χ3n) is 2.68. The van der Waals surface area contributed by atoms with E-state index in [1.165, 1.54) is 0 Å². The van der Waals surface area contributed by atoms with Crippen LogP contribution in [0.25, 0.3) is 0 Å². The minimum absolute atomic E-state index is 0.530. The summed E-state index contributed by atoms with van der Waals surface area (Å²) in [5, 5.41) is 0.694. The zero-order chi connectivity index (χ0) is 13.0. The number of morpholine rings is 1. The van der Waals surface area contributed by atoms with Crippen LogP contribution in [0.4, 0.5) is 0 Å². The minimum atomic E-state index is 0.530. The van der Waals surface area contributed by atoms with Gasteiger partial charge in [0, 0.05) is 22.6 Å². The van der Waals surface area contributed by atoms with Gasteiger partial charge >= 0.3 is 0 Å². The molecule has 0 unspecified atom stereocenters. The van der Waals surface area contributed by atoms with Crippen molar-refractivity contribution in [1.29, 1.82) is 0 Å². The minimum Gasteiger partial charge on any atom is -0.378 e. The van der Waals surface area contributed by atoms with Crippen LogP contribution in [0.1, 0.15) is 5.56 Å². The fourth-order valence-corrected chi connectivity index (χ4v) is 2.70. The van der Waals surface area contributed by atoms with Gasteiger partial charge in [-0.25, -0.2) is 4.99 Å². The summed E-state index contributed by atoms with van der Waals surface area (Å²) in [6, 6.07) is 5.73. The second kappa shape index (κ2) is 6.41. The van der Waals surface area contributed by atoms with E-state index >= 15 is 0 Å². The molecule has 1 aromatic carbocycles. The fraction of sp³-hybridized carbons (Fsp3) is 0.417. The molecular formula is C12H15BrClN3O. The highest BCUT2D eigenvalue weighted by Gasteiger charge is 2.11. The summed E-state index contributed by atoms with van der Waals surface area (Å²) in [6.07, 6.45) is 0. The Morgan fingerprint density at radius 2 is 2.11 bits per heavy atom. The van der Waals surface area contributed by atoms with Gasteiger partial charge in [-0.3, -0.25) is 0 Å². The monoisotopic (exact) mass is 331 g/mol. The number of guanidine groups is 1. The van der Waals surface area contributed by atoms with Crippen LogP contribution in [0.3, 0.4) is 0 Å². The van der Waals surface area contributed by atoms with Crippen LogP contribution in [0.15, 0.2) is 27.7 Å². The highest BCUT2D eigenvalue weighted by atomic mass is 79.9. The number of halogens is 2. The summed E-state index contributed by atoms with van der Waals surface area (Å²) in [7, 11) is 0. The molecule has 6 heteroatoms. The van der Waals surface area contributed by atoms with Crippen LogP contribution in [0.2, 0.25) is 5.02 Å². The average molecular weight is 333 g/mol. The molecule has 2 rings (SSSR count). The quantitative estimate of drug-likeness (QED) is 0.667. The van der Waals surface area contributed by atoms with Crippen LogP contribution < -0.4 is 5.73 Å². The Hall–Kier alpha value is -0.780. The van der Waals surface area contributed by atoms with Crippen LogP contribution in [-0.4, -0.2) is 37.2 Å². The van der Waals surface area contributed by atoms with Crippen molar-refractivity contribution in [3.63, 3.8) is 0 Å². The van der Waals surface area contributed by atoms with E-state index in [4.69, 9.17) is 22.1 Å². The highest BCUT2D eigenvalue weighted by molar-refractivity contribution is 9.10. The Morgan fingerprint density at radius 1 is 1.39 bits per heavy atom. The molecule has 0 saturated carbocycles. The number of nitrogens with two attached hydrogens (primary N) is 1. The van der Waals surface area contributed by atoms with Gasteiger partial charge in [-0.15, -0.1) is 0 Å². The van der Waals surface area contributed by atoms with Gasteiger partial charge in [0.25, 0.3) is 0 Å². The van der Waals surface area contributed by atoms with Gasteiger partial charge in [-0.1, -0.05) is 27.5 Å². The number of aliphatic imine (C=N–C) groups is 1. The maximum atomic E-state index is 5.98. The molecular weight excluding hydrogens is 318 g/mol. The van der Waals surface area contributed by atoms with Gasteiger partial charge in [0.15, 0.2) is 5.96 Å². The van der Waals surface area contributed by atoms with Crippen LogP contribution in [0.5, 0.6) is 0 Å². The molecule has 4 nitrogen and oxygen atoms in total. The molecule has 0 spiro atoms. The Balaban J connectivity index is 2.00. The molecule has 1 heterocycles. The van der Waals surface area contributed by atoms with E-state index in [0.29, 0.717) is 30.7 Å². The fourth-order valence-electron chi connectivity index (χ4n) is 1.77. The summed E-state index contributed by atoms with van der Waals surface area (Å²) < 4.78 is 6.22. The largest absolute Gasteiger partial charge is 0.378 e. The second-order valence-corrected chi connectivity index (χ2v) is 5.40. The number of nitrogens with zero attached hydrogens (tertiary/aromatic N) is 2. The maximum Gasteiger partial charge on any atom is 0.191 e. The third-order valence-corrected chi connectivity index (χ3v) is 3.36. The first-order valence-electron chi connectivity index (χ1n) is 5.73. The molecule has 0 bridgehead atoms. The van der Waals surface area contributed by atoms with E-state index in [9.17, 15) is 0 Å². The summed E-state index contributed by atoms with van der Waals surface area (Å²) >= 11 is 9.38. The molecule has 1 saturated heterocycles.